The minimum atomic E-state index is -1.72. The van der Waals surface area contributed by atoms with E-state index in [1.165, 1.54) is 43.5 Å². The molecule has 6 atom stereocenters. The molecule has 0 bridgehead atoms. The van der Waals surface area contributed by atoms with Crippen molar-refractivity contribution in [1.29, 1.82) is 0 Å². The Labute approximate surface area is 312 Å². The number of nitrogens with zero attached hydrogens (tertiary/aromatic N) is 2. The lowest BCUT2D eigenvalue weighted by atomic mass is 9.49. The van der Waals surface area contributed by atoms with Gasteiger partial charge in [-0.3, -0.25) is 24.6 Å². The molecule has 0 aromatic heterocycles. The zero-order valence-corrected chi connectivity index (χ0v) is 29.2. The summed E-state index contributed by atoms with van der Waals surface area (Å²) < 4.78 is 19.4. The Morgan fingerprint density at radius 3 is 2.28 bits per heavy atom. The number of hydrazine groups is 1. The summed E-state index contributed by atoms with van der Waals surface area (Å²) in [5.74, 6) is -9.81. The molecular weight excluding hydrogens is 721 g/mol. The van der Waals surface area contributed by atoms with Crippen molar-refractivity contribution in [1.82, 2.24) is 5.01 Å². The number of phenols is 2. The quantitative estimate of drug-likeness (QED) is 0.134. The number of anilines is 2. The number of amides is 4. The molecule has 2 saturated heterocycles. The van der Waals surface area contributed by atoms with Crippen molar-refractivity contribution in [2.75, 3.05) is 17.4 Å². The van der Waals surface area contributed by atoms with Gasteiger partial charge in [0.1, 0.15) is 28.6 Å². The minimum Gasteiger partial charge on any atom is -0.508 e. The Bertz CT molecular complexity index is 2310. The van der Waals surface area contributed by atoms with Crippen LogP contribution in [0.3, 0.4) is 0 Å². The van der Waals surface area contributed by atoms with Gasteiger partial charge in [-0.1, -0.05) is 35.4 Å². The number of hydrogen-bond acceptors (Lipinski definition) is 9. The van der Waals surface area contributed by atoms with Crippen molar-refractivity contribution in [3.8, 4) is 17.2 Å². The van der Waals surface area contributed by atoms with Crippen LogP contribution in [0.25, 0.3) is 0 Å². The maximum absolute atomic E-state index is 15.2. The summed E-state index contributed by atoms with van der Waals surface area (Å²) in [6.07, 6.45) is 1.81. The average Bonchev–Trinajstić information content (AvgIpc) is 3.53. The number of carboxylic acids is 1. The lowest BCUT2D eigenvalue weighted by Gasteiger charge is -2.50. The fraction of sp³-hybridized carbons (Fsp3) is 0.225. The van der Waals surface area contributed by atoms with Crippen LogP contribution in [0.1, 0.15) is 40.2 Å². The van der Waals surface area contributed by atoms with Crippen molar-refractivity contribution < 1.29 is 48.4 Å². The molecule has 14 heteroatoms. The van der Waals surface area contributed by atoms with E-state index in [1.54, 1.807) is 42.5 Å². The van der Waals surface area contributed by atoms with E-state index < -0.39 is 81.7 Å². The van der Waals surface area contributed by atoms with Crippen LogP contribution in [0.15, 0.2) is 96.6 Å². The molecule has 2 aliphatic heterocycles. The van der Waals surface area contributed by atoms with Crippen molar-refractivity contribution in [2.24, 2.45) is 23.7 Å². The summed E-state index contributed by atoms with van der Waals surface area (Å²) in [4.78, 5) is 71.0. The molecule has 2 aliphatic carbocycles. The number of nitrogens with one attached hydrogen (secondary N) is 1. The summed E-state index contributed by atoms with van der Waals surface area (Å²) in [5, 5.41) is 32.7. The summed E-state index contributed by atoms with van der Waals surface area (Å²) in [6.45, 7) is 0. The number of phenolic OH excluding ortho intramolecular Hbond substituents is 1. The number of aromatic hydroxyl groups is 2. The predicted octanol–water partition coefficient (Wildman–Crippen LogP) is 5.79. The number of imide groups is 2. The molecule has 2 heterocycles. The Morgan fingerprint density at radius 2 is 1.61 bits per heavy atom. The van der Waals surface area contributed by atoms with Gasteiger partial charge in [0.2, 0.25) is 11.8 Å². The fourth-order valence-electron chi connectivity index (χ4n) is 8.98. The number of rotatable bonds is 7. The number of fused-ring (bicyclic) bond motifs is 4. The summed E-state index contributed by atoms with van der Waals surface area (Å²) in [5.41, 5.74) is 2.19. The fourth-order valence-corrected chi connectivity index (χ4v) is 9.11. The van der Waals surface area contributed by atoms with Crippen LogP contribution in [0, 0.1) is 29.5 Å². The lowest BCUT2D eigenvalue weighted by molar-refractivity contribution is -0.138. The van der Waals surface area contributed by atoms with Gasteiger partial charge in [0, 0.05) is 22.6 Å². The smallest absolute Gasteiger partial charge is 0.339 e. The van der Waals surface area contributed by atoms with Crippen molar-refractivity contribution in [2.45, 2.75) is 24.2 Å². The first-order valence-electron chi connectivity index (χ1n) is 17.0. The second-order valence-corrected chi connectivity index (χ2v) is 14.3. The number of hydrogen-bond donors (Lipinski definition) is 4. The Kier molecular flexibility index (Phi) is 8.22. The van der Waals surface area contributed by atoms with Crippen molar-refractivity contribution in [3.63, 3.8) is 0 Å². The number of carbonyl (C=O) groups is 5. The molecule has 0 spiro atoms. The molecule has 1 saturated carbocycles. The zero-order valence-electron chi connectivity index (χ0n) is 28.4. The molecule has 3 fully saturated rings. The number of carboxylic acid groups (broad SMARTS) is 1. The van der Waals surface area contributed by atoms with Gasteiger partial charge in [-0.25, -0.2) is 14.1 Å². The number of benzene rings is 4. The Hall–Kier alpha value is -6.21. The first kappa shape index (κ1) is 34.9. The number of aromatic carboxylic acids is 1. The zero-order chi connectivity index (χ0) is 38.2. The molecule has 12 nitrogen and oxygen atoms in total. The van der Waals surface area contributed by atoms with Gasteiger partial charge in [0.05, 0.1) is 41.7 Å². The second-order valence-electron chi connectivity index (χ2n) is 13.8. The first-order valence-corrected chi connectivity index (χ1v) is 17.4. The van der Waals surface area contributed by atoms with Crippen LogP contribution < -0.4 is 15.1 Å². The highest BCUT2D eigenvalue weighted by Crippen LogP contribution is 2.65. The van der Waals surface area contributed by atoms with Crippen LogP contribution >= 0.6 is 11.6 Å². The molecular formula is C40H31ClFN3O9. The monoisotopic (exact) mass is 751 g/mol. The molecule has 8 rings (SSSR count). The van der Waals surface area contributed by atoms with Crippen LogP contribution in [0.2, 0.25) is 5.02 Å². The van der Waals surface area contributed by atoms with E-state index in [0.717, 1.165) is 22.0 Å². The largest absolute Gasteiger partial charge is 0.508 e. The van der Waals surface area contributed by atoms with E-state index in [2.05, 4.69) is 5.43 Å². The summed E-state index contributed by atoms with van der Waals surface area (Å²) >= 11 is 6.33. The third kappa shape index (κ3) is 5.06. The van der Waals surface area contributed by atoms with Crippen LogP contribution in [0.4, 0.5) is 15.8 Å². The number of ether oxygens (including phenoxy) is 1. The minimum absolute atomic E-state index is 0.0152. The first-order chi connectivity index (χ1) is 25.9. The molecule has 274 valence electrons. The van der Waals surface area contributed by atoms with Crippen LogP contribution in [0.5, 0.6) is 17.2 Å². The Balaban J connectivity index is 1.32. The summed E-state index contributed by atoms with van der Waals surface area (Å²) in [6, 6.07) is 19.6. The van der Waals surface area contributed by atoms with E-state index in [4.69, 9.17) is 16.3 Å². The van der Waals surface area contributed by atoms with E-state index in [1.807, 2.05) is 0 Å². The standard InChI is InChI=1S/C40H31ClFN3O9/c1-54-24-11-15-31(46)29(17-24)34-25-13-14-27-33(37(50)44(35(27)48)23-10-12-26(38(51)52)32(47)16-23)28(25)18-30-36(49)45(43-22-8-6-21(42)7-9-22)39(53)40(30,34)19-2-4-20(41)5-3-19/h2-13,15-17,27-28,30,33-34,43,46-47H,14,18H2,1H3,(H,51,52)/t27-,28+,30-,33-,34+,40+/m0/s1. The van der Waals surface area contributed by atoms with Crippen molar-refractivity contribution >= 4 is 52.6 Å². The highest BCUT2D eigenvalue weighted by Gasteiger charge is 2.70. The van der Waals surface area contributed by atoms with Crippen molar-refractivity contribution in [3.05, 3.63) is 124 Å². The molecule has 4 aromatic carbocycles. The summed E-state index contributed by atoms with van der Waals surface area (Å²) in [7, 11) is 1.44. The third-order valence-electron chi connectivity index (χ3n) is 11.3. The highest BCUT2D eigenvalue weighted by atomic mass is 35.5. The lowest BCUT2D eigenvalue weighted by Crippen LogP contribution is -2.53. The number of carbonyl (C=O) groups excluding carboxylic acids is 4. The van der Waals surface area contributed by atoms with Crippen LogP contribution in [-0.2, 0) is 24.6 Å². The number of allylic oxidation sites excluding steroid dienone is 2. The SMILES string of the molecule is COc1ccc(O)c([C@H]2C3=CC[C@@H]4C(=O)N(c5ccc(C(=O)O)c(O)c5)C(=O)[C@@H]4[C@@H]3C[C@H]3C(=O)N(Nc4ccc(F)cc4)C(=O)[C@@]23c2ccc(Cl)cc2)c1. The van der Waals surface area contributed by atoms with E-state index >= 15 is 4.79 Å². The van der Waals surface area contributed by atoms with E-state index in [0.29, 0.717) is 21.9 Å². The second kappa shape index (κ2) is 12.7. The molecule has 4 aromatic rings. The van der Waals surface area contributed by atoms with Gasteiger partial charge in [0.15, 0.2) is 0 Å². The highest BCUT2D eigenvalue weighted by molar-refractivity contribution is 6.30. The van der Waals surface area contributed by atoms with Crippen LogP contribution in [-0.4, -0.2) is 57.0 Å². The normalized spacial score (nSPS) is 25.9. The number of methoxy groups -OCH3 is 1. The maximum atomic E-state index is 15.2. The Morgan fingerprint density at radius 1 is 0.889 bits per heavy atom. The predicted molar refractivity (Wildman–Crippen MR) is 191 cm³/mol. The molecule has 4 N–H and O–H groups in total. The maximum Gasteiger partial charge on any atom is 0.339 e. The third-order valence-corrected chi connectivity index (χ3v) is 11.5. The molecule has 4 amide bonds. The van der Waals surface area contributed by atoms with Gasteiger partial charge in [-0.2, -0.15) is 5.01 Å². The molecule has 54 heavy (non-hydrogen) atoms. The van der Waals surface area contributed by atoms with Gasteiger partial charge >= 0.3 is 5.97 Å². The van der Waals surface area contributed by atoms with E-state index in [-0.39, 0.29) is 35.5 Å². The molecule has 0 unspecified atom stereocenters. The number of halogens is 2. The molecule has 4 aliphatic rings. The van der Waals surface area contributed by atoms with Gasteiger partial charge in [0.25, 0.3) is 11.8 Å². The van der Waals surface area contributed by atoms with Gasteiger partial charge in [-0.05, 0) is 91.1 Å². The topological polar surface area (TPSA) is 174 Å². The van der Waals surface area contributed by atoms with Gasteiger partial charge < -0.3 is 20.1 Å². The van der Waals surface area contributed by atoms with Gasteiger partial charge in [-0.15, -0.1) is 0 Å². The van der Waals surface area contributed by atoms with E-state index in [9.17, 15) is 38.9 Å². The molecule has 0 radical (unpaired) electrons. The average molecular weight is 752 g/mol.